The van der Waals surface area contributed by atoms with Crippen LogP contribution < -0.4 is 20.3 Å². The Morgan fingerprint density at radius 3 is 2.19 bits per heavy atom. The number of rotatable bonds is 10. The van der Waals surface area contributed by atoms with E-state index in [1.165, 1.54) is 5.56 Å². The fourth-order valence-corrected chi connectivity index (χ4v) is 3.04. The molecule has 0 bridgehead atoms. The van der Waals surface area contributed by atoms with Gasteiger partial charge in [0.25, 0.3) is 11.8 Å². The van der Waals surface area contributed by atoms with Gasteiger partial charge in [-0.15, -0.1) is 0 Å². The van der Waals surface area contributed by atoms with Crippen molar-refractivity contribution in [1.82, 2.24) is 10.9 Å². The molecular weight excluding hydrogens is 392 g/mol. The molecule has 2 N–H and O–H groups in total. The Labute approximate surface area is 185 Å². The molecule has 0 fully saturated rings. The molecule has 2 aromatic rings. The Bertz CT molecular complexity index is 849. The van der Waals surface area contributed by atoms with Crippen LogP contribution in [0.2, 0.25) is 0 Å². The molecule has 0 aliphatic carbocycles. The molecule has 0 aliphatic rings. The Morgan fingerprint density at radius 2 is 1.58 bits per heavy atom. The van der Waals surface area contributed by atoms with Gasteiger partial charge in [-0.3, -0.25) is 20.4 Å². The lowest BCUT2D eigenvalue weighted by Gasteiger charge is -2.21. The summed E-state index contributed by atoms with van der Waals surface area (Å²) in [6, 6.07) is 15.3. The zero-order valence-corrected chi connectivity index (χ0v) is 19.1. The molecule has 2 unspecified atom stereocenters. The van der Waals surface area contributed by atoms with Crippen LogP contribution in [0.25, 0.3) is 0 Å². The van der Waals surface area contributed by atoms with E-state index in [0.29, 0.717) is 29.8 Å². The van der Waals surface area contributed by atoms with Crippen molar-refractivity contribution in [3.8, 4) is 11.5 Å². The van der Waals surface area contributed by atoms with Crippen molar-refractivity contribution in [2.24, 2.45) is 0 Å². The molecule has 0 radical (unpaired) electrons. The second kappa shape index (κ2) is 12.0. The fraction of sp³-hybridized carbons (Fsp3) is 0.440. The van der Waals surface area contributed by atoms with Gasteiger partial charge >= 0.3 is 0 Å². The first-order chi connectivity index (χ1) is 14.8. The molecule has 6 nitrogen and oxygen atoms in total. The summed E-state index contributed by atoms with van der Waals surface area (Å²) in [6.07, 6.45) is 0.726. The van der Waals surface area contributed by atoms with Crippen molar-refractivity contribution in [1.29, 1.82) is 0 Å². The van der Waals surface area contributed by atoms with Crippen LogP contribution in [-0.4, -0.2) is 24.5 Å². The lowest BCUT2D eigenvalue weighted by atomic mass is 9.98. The zero-order valence-electron chi connectivity index (χ0n) is 19.1. The molecule has 2 rings (SSSR count). The molecule has 6 heteroatoms. The van der Waals surface area contributed by atoms with Gasteiger partial charge in [0, 0.05) is 0 Å². The summed E-state index contributed by atoms with van der Waals surface area (Å²) in [5.41, 5.74) is 7.09. The number of hydrogen-bond donors (Lipinski definition) is 2. The molecule has 0 saturated carbocycles. The van der Waals surface area contributed by atoms with E-state index in [1.54, 1.807) is 0 Å². The first-order valence-electron chi connectivity index (χ1n) is 10.9. The number of hydrazine groups is 1. The zero-order chi connectivity index (χ0) is 22.8. The van der Waals surface area contributed by atoms with Crippen molar-refractivity contribution in [2.75, 3.05) is 6.61 Å². The number of carbonyl (C=O) groups is 2. The molecule has 168 valence electrons. The summed E-state index contributed by atoms with van der Waals surface area (Å²) in [5.74, 6) is 1.19. The summed E-state index contributed by atoms with van der Waals surface area (Å²) in [4.78, 5) is 24.6. The topological polar surface area (TPSA) is 76.7 Å². The van der Waals surface area contributed by atoms with Crippen LogP contribution in [0.3, 0.4) is 0 Å². The Balaban J connectivity index is 1.85. The molecule has 0 aliphatic heterocycles. The molecule has 2 amide bonds. The molecule has 0 spiro atoms. The summed E-state index contributed by atoms with van der Waals surface area (Å²) >= 11 is 0. The highest BCUT2D eigenvalue weighted by Gasteiger charge is 2.21. The number of ether oxygens (including phenoxy) is 2. The van der Waals surface area contributed by atoms with Gasteiger partial charge in [0.1, 0.15) is 11.5 Å². The third-order valence-corrected chi connectivity index (χ3v) is 5.24. The minimum Gasteiger partial charge on any atom is -0.484 e. The average molecular weight is 427 g/mol. The number of hydrogen-bond acceptors (Lipinski definition) is 4. The highest BCUT2D eigenvalue weighted by atomic mass is 16.5. The minimum atomic E-state index is -0.713. The maximum absolute atomic E-state index is 12.5. The van der Waals surface area contributed by atoms with Crippen molar-refractivity contribution in [3.05, 3.63) is 59.7 Å². The van der Waals surface area contributed by atoms with Gasteiger partial charge in [0.2, 0.25) is 0 Å². The predicted molar refractivity (Wildman–Crippen MR) is 122 cm³/mol. The van der Waals surface area contributed by atoms with Crippen LogP contribution >= 0.6 is 0 Å². The third kappa shape index (κ3) is 7.31. The summed E-state index contributed by atoms with van der Waals surface area (Å²) in [6.45, 7) is 10.1. The van der Waals surface area contributed by atoms with E-state index in [0.717, 1.165) is 12.0 Å². The number of amides is 2. The number of carbonyl (C=O) groups excluding carboxylic acids is 2. The van der Waals surface area contributed by atoms with Gasteiger partial charge in [0.05, 0.1) is 0 Å². The maximum atomic E-state index is 12.5. The normalized spacial score (nSPS) is 12.7. The van der Waals surface area contributed by atoms with Crippen molar-refractivity contribution in [2.45, 2.75) is 65.4 Å². The SMILES string of the molecule is CCC(Oc1ccccc1C(C)CC)C(=O)NNC(=O)COc1ccc(C(C)C)cc1. The van der Waals surface area contributed by atoms with Crippen LogP contribution in [0.4, 0.5) is 0 Å². The summed E-state index contributed by atoms with van der Waals surface area (Å²) in [5, 5.41) is 0. The standard InChI is InChI=1S/C25H34N2O4/c1-6-18(5)21-10-8-9-11-23(21)31-22(7-2)25(29)27-26-24(28)16-30-20-14-12-19(13-15-20)17(3)4/h8-15,17-18,22H,6-7,16H2,1-5H3,(H,26,28)(H,27,29). The second-order valence-corrected chi connectivity index (χ2v) is 7.91. The maximum Gasteiger partial charge on any atom is 0.279 e. The van der Waals surface area contributed by atoms with E-state index in [2.05, 4.69) is 38.5 Å². The monoisotopic (exact) mass is 426 g/mol. The van der Waals surface area contributed by atoms with Crippen LogP contribution in [-0.2, 0) is 9.59 Å². The lowest BCUT2D eigenvalue weighted by molar-refractivity contribution is -0.134. The predicted octanol–water partition coefficient (Wildman–Crippen LogP) is 4.71. The van der Waals surface area contributed by atoms with Gasteiger partial charge in [-0.25, -0.2) is 0 Å². The van der Waals surface area contributed by atoms with Crippen LogP contribution in [0, 0.1) is 0 Å². The van der Waals surface area contributed by atoms with Gasteiger partial charge in [-0.2, -0.15) is 0 Å². The summed E-state index contributed by atoms with van der Waals surface area (Å²) in [7, 11) is 0. The lowest BCUT2D eigenvalue weighted by Crippen LogP contribution is -2.49. The Morgan fingerprint density at radius 1 is 0.903 bits per heavy atom. The Kier molecular flexibility index (Phi) is 9.38. The van der Waals surface area contributed by atoms with E-state index in [9.17, 15) is 9.59 Å². The molecule has 0 aromatic heterocycles. The second-order valence-electron chi connectivity index (χ2n) is 7.91. The molecule has 0 heterocycles. The van der Waals surface area contributed by atoms with Crippen molar-refractivity contribution < 1.29 is 19.1 Å². The van der Waals surface area contributed by atoms with Crippen LogP contribution in [0.5, 0.6) is 11.5 Å². The molecule has 2 atom stereocenters. The quantitative estimate of drug-likeness (QED) is 0.540. The van der Waals surface area contributed by atoms with E-state index < -0.39 is 17.9 Å². The number of benzene rings is 2. The van der Waals surface area contributed by atoms with Gasteiger partial charge in [-0.1, -0.05) is 65.0 Å². The molecule has 0 saturated heterocycles. The van der Waals surface area contributed by atoms with Crippen LogP contribution in [0.15, 0.2) is 48.5 Å². The van der Waals surface area contributed by atoms with E-state index >= 15 is 0 Å². The van der Waals surface area contributed by atoms with E-state index in [1.807, 2.05) is 55.5 Å². The van der Waals surface area contributed by atoms with E-state index in [-0.39, 0.29) is 6.61 Å². The molecule has 31 heavy (non-hydrogen) atoms. The smallest absolute Gasteiger partial charge is 0.279 e. The first kappa shape index (κ1) is 24.3. The molecule has 2 aromatic carbocycles. The highest BCUT2D eigenvalue weighted by Crippen LogP contribution is 2.29. The fourth-order valence-electron chi connectivity index (χ4n) is 3.04. The Hall–Kier alpha value is -3.02. The minimum absolute atomic E-state index is 0.199. The van der Waals surface area contributed by atoms with Gasteiger partial charge in [-0.05, 0) is 54.0 Å². The largest absolute Gasteiger partial charge is 0.484 e. The van der Waals surface area contributed by atoms with Gasteiger partial charge in [0.15, 0.2) is 12.7 Å². The van der Waals surface area contributed by atoms with Gasteiger partial charge < -0.3 is 9.47 Å². The average Bonchev–Trinajstić information content (AvgIpc) is 2.79. The highest BCUT2D eigenvalue weighted by molar-refractivity contribution is 5.85. The third-order valence-electron chi connectivity index (χ3n) is 5.24. The molecular formula is C25H34N2O4. The number of para-hydroxylation sites is 1. The van der Waals surface area contributed by atoms with Crippen molar-refractivity contribution in [3.63, 3.8) is 0 Å². The number of nitrogens with one attached hydrogen (secondary N) is 2. The van der Waals surface area contributed by atoms with E-state index in [4.69, 9.17) is 9.47 Å². The van der Waals surface area contributed by atoms with Crippen LogP contribution in [0.1, 0.15) is 70.4 Å². The summed E-state index contributed by atoms with van der Waals surface area (Å²) < 4.78 is 11.5. The first-order valence-corrected chi connectivity index (χ1v) is 10.9. The van der Waals surface area contributed by atoms with Crippen molar-refractivity contribution >= 4 is 11.8 Å².